The van der Waals surface area contributed by atoms with E-state index >= 15 is 0 Å². The SMILES string of the molecule is COc1ccc(CC(=O)Nc2ccc(I)cc2C(C)C)cc1. The largest absolute Gasteiger partial charge is 0.497 e. The van der Waals surface area contributed by atoms with Crippen LogP contribution in [0.2, 0.25) is 0 Å². The molecule has 0 atom stereocenters. The summed E-state index contributed by atoms with van der Waals surface area (Å²) in [6.45, 7) is 4.26. The van der Waals surface area contributed by atoms with Gasteiger partial charge in [-0.05, 0) is 70.0 Å². The fourth-order valence-corrected chi connectivity index (χ4v) is 2.76. The number of methoxy groups -OCH3 is 1. The summed E-state index contributed by atoms with van der Waals surface area (Å²) in [5, 5.41) is 3.02. The number of hydrogen-bond donors (Lipinski definition) is 1. The van der Waals surface area contributed by atoms with Gasteiger partial charge >= 0.3 is 0 Å². The molecule has 116 valence electrons. The molecular weight excluding hydrogens is 389 g/mol. The molecule has 1 amide bonds. The van der Waals surface area contributed by atoms with E-state index < -0.39 is 0 Å². The molecule has 0 bridgehead atoms. The van der Waals surface area contributed by atoms with E-state index in [9.17, 15) is 4.79 Å². The van der Waals surface area contributed by atoms with Crippen LogP contribution in [0.3, 0.4) is 0 Å². The molecule has 4 heteroatoms. The van der Waals surface area contributed by atoms with E-state index in [2.05, 4.69) is 47.8 Å². The molecule has 3 nitrogen and oxygen atoms in total. The van der Waals surface area contributed by atoms with Crippen molar-refractivity contribution >= 4 is 34.2 Å². The van der Waals surface area contributed by atoms with Gasteiger partial charge < -0.3 is 10.1 Å². The second-order valence-corrected chi connectivity index (χ2v) is 6.70. The molecule has 1 N–H and O–H groups in total. The van der Waals surface area contributed by atoms with Gasteiger partial charge in [0.1, 0.15) is 5.75 Å². The van der Waals surface area contributed by atoms with Crippen molar-refractivity contribution < 1.29 is 9.53 Å². The van der Waals surface area contributed by atoms with E-state index in [4.69, 9.17) is 4.74 Å². The van der Waals surface area contributed by atoms with E-state index in [1.165, 1.54) is 3.57 Å². The van der Waals surface area contributed by atoms with Crippen LogP contribution in [0.25, 0.3) is 0 Å². The second kappa shape index (κ2) is 7.63. The van der Waals surface area contributed by atoms with Crippen molar-refractivity contribution in [1.82, 2.24) is 0 Å². The highest BCUT2D eigenvalue weighted by Crippen LogP contribution is 2.26. The number of rotatable bonds is 5. The van der Waals surface area contributed by atoms with E-state index in [-0.39, 0.29) is 5.91 Å². The molecule has 0 aromatic heterocycles. The highest BCUT2D eigenvalue weighted by molar-refractivity contribution is 14.1. The number of nitrogens with one attached hydrogen (secondary N) is 1. The maximum absolute atomic E-state index is 12.3. The van der Waals surface area contributed by atoms with Crippen molar-refractivity contribution in [2.45, 2.75) is 26.2 Å². The molecule has 2 aromatic rings. The smallest absolute Gasteiger partial charge is 0.228 e. The first kappa shape index (κ1) is 16.8. The van der Waals surface area contributed by atoms with Crippen LogP contribution in [0.5, 0.6) is 5.75 Å². The zero-order valence-electron chi connectivity index (χ0n) is 13.0. The van der Waals surface area contributed by atoms with E-state index in [1.807, 2.05) is 36.4 Å². The van der Waals surface area contributed by atoms with Crippen molar-refractivity contribution in [2.24, 2.45) is 0 Å². The summed E-state index contributed by atoms with van der Waals surface area (Å²) in [4.78, 5) is 12.3. The van der Waals surface area contributed by atoms with E-state index in [0.717, 1.165) is 22.6 Å². The van der Waals surface area contributed by atoms with Crippen LogP contribution in [-0.2, 0) is 11.2 Å². The van der Waals surface area contributed by atoms with Crippen LogP contribution >= 0.6 is 22.6 Å². The molecule has 0 aliphatic carbocycles. The average molecular weight is 409 g/mol. The number of halogens is 1. The van der Waals surface area contributed by atoms with E-state index in [0.29, 0.717) is 12.3 Å². The Labute approximate surface area is 145 Å². The van der Waals surface area contributed by atoms with Crippen LogP contribution in [0.1, 0.15) is 30.9 Å². The summed E-state index contributed by atoms with van der Waals surface area (Å²) in [7, 11) is 1.63. The molecular formula is C18H20INO2. The third-order valence-electron chi connectivity index (χ3n) is 3.43. The maximum atomic E-state index is 12.3. The molecule has 0 aliphatic rings. The number of carbonyl (C=O) groups is 1. The molecule has 22 heavy (non-hydrogen) atoms. The van der Waals surface area contributed by atoms with Crippen molar-refractivity contribution in [3.63, 3.8) is 0 Å². The van der Waals surface area contributed by atoms with Crippen LogP contribution in [-0.4, -0.2) is 13.0 Å². The number of carbonyl (C=O) groups excluding carboxylic acids is 1. The predicted octanol–water partition coefficient (Wildman–Crippen LogP) is 4.60. The zero-order chi connectivity index (χ0) is 16.1. The van der Waals surface area contributed by atoms with Crippen LogP contribution in [0.15, 0.2) is 42.5 Å². The number of hydrogen-bond acceptors (Lipinski definition) is 2. The Kier molecular flexibility index (Phi) is 5.83. The number of benzene rings is 2. The molecule has 0 aliphatic heterocycles. The number of amides is 1. The molecule has 0 saturated carbocycles. The predicted molar refractivity (Wildman–Crippen MR) is 98.6 cm³/mol. The van der Waals surface area contributed by atoms with Crippen molar-refractivity contribution in [2.75, 3.05) is 12.4 Å². The first-order valence-electron chi connectivity index (χ1n) is 7.22. The van der Waals surface area contributed by atoms with Gasteiger partial charge in [-0.3, -0.25) is 4.79 Å². The Morgan fingerprint density at radius 1 is 1.18 bits per heavy atom. The Hall–Kier alpha value is -1.56. The van der Waals surface area contributed by atoms with Crippen LogP contribution in [0, 0.1) is 3.57 Å². The lowest BCUT2D eigenvalue weighted by molar-refractivity contribution is -0.115. The Morgan fingerprint density at radius 3 is 2.45 bits per heavy atom. The summed E-state index contributed by atoms with van der Waals surface area (Å²) >= 11 is 2.29. The molecule has 0 radical (unpaired) electrons. The molecule has 0 unspecified atom stereocenters. The van der Waals surface area contributed by atoms with Gasteiger partial charge in [0.05, 0.1) is 13.5 Å². The lowest BCUT2D eigenvalue weighted by atomic mass is 10.0. The minimum Gasteiger partial charge on any atom is -0.497 e. The van der Waals surface area contributed by atoms with Crippen molar-refractivity contribution in [3.05, 3.63) is 57.2 Å². The fourth-order valence-electron chi connectivity index (χ4n) is 2.25. The fraction of sp³-hybridized carbons (Fsp3) is 0.278. The Bertz CT molecular complexity index is 651. The molecule has 2 rings (SSSR count). The first-order chi connectivity index (χ1) is 10.5. The van der Waals surface area contributed by atoms with Gasteiger partial charge in [-0.15, -0.1) is 0 Å². The van der Waals surface area contributed by atoms with Gasteiger partial charge in [-0.2, -0.15) is 0 Å². The van der Waals surface area contributed by atoms with Gasteiger partial charge in [-0.1, -0.05) is 26.0 Å². The van der Waals surface area contributed by atoms with Gasteiger partial charge in [0, 0.05) is 9.26 Å². The Morgan fingerprint density at radius 2 is 1.86 bits per heavy atom. The second-order valence-electron chi connectivity index (χ2n) is 5.46. The van der Waals surface area contributed by atoms with Gasteiger partial charge in [0.25, 0.3) is 0 Å². The van der Waals surface area contributed by atoms with Gasteiger partial charge in [0.2, 0.25) is 5.91 Å². The monoisotopic (exact) mass is 409 g/mol. The number of anilines is 1. The van der Waals surface area contributed by atoms with Crippen LogP contribution in [0.4, 0.5) is 5.69 Å². The molecule has 0 heterocycles. The standard InChI is InChI=1S/C18H20INO2/c1-12(2)16-11-14(19)6-9-17(16)20-18(21)10-13-4-7-15(22-3)8-5-13/h4-9,11-12H,10H2,1-3H3,(H,20,21). The third-order valence-corrected chi connectivity index (χ3v) is 4.10. The summed E-state index contributed by atoms with van der Waals surface area (Å²) in [5.41, 5.74) is 3.03. The first-order valence-corrected chi connectivity index (χ1v) is 8.29. The van der Waals surface area contributed by atoms with Gasteiger partial charge in [0.15, 0.2) is 0 Å². The highest BCUT2D eigenvalue weighted by atomic mass is 127. The summed E-state index contributed by atoms with van der Waals surface area (Å²) in [5.74, 6) is 1.16. The van der Waals surface area contributed by atoms with Crippen molar-refractivity contribution in [3.8, 4) is 5.75 Å². The third kappa shape index (κ3) is 4.47. The molecule has 0 saturated heterocycles. The molecule has 0 fully saturated rings. The average Bonchev–Trinajstić information content (AvgIpc) is 2.49. The maximum Gasteiger partial charge on any atom is 0.228 e. The minimum atomic E-state index is -0.00623. The quantitative estimate of drug-likeness (QED) is 0.733. The van der Waals surface area contributed by atoms with Crippen molar-refractivity contribution in [1.29, 1.82) is 0 Å². The minimum absolute atomic E-state index is 0.00623. The normalized spacial score (nSPS) is 10.6. The summed E-state index contributed by atoms with van der Waals surface area (Å²) in [6.07, 6.45) is 0.355. The summed E-state index contributed by atoms with van der Waals surface area (Å²) < 4.78 is 6.30. The topological polar surface area (TPSA) is 38.3 Å². The van der Waals surface area contributed by atoms with Crippen LogP contribution < -0.4 is 10.1 Å². The molecule has 0 spiro atoms. The zero-order valence-corrected chi connectivity index (χ0v) is 15.2. The van der Waals surface area contributed by atoms with E-state index in [1.54, 1.807) is 7.11 Å². The number of ether oxygens (including phenoxy) is 1. The van der Waals surface area contributed by atoms with Gasteiger partial charge in [-0.25, -0.2) is 0 Å². The molecule has 2 aromatic carbocycles. The lowest BCUT2D eigenvalue weighted by Crippen LogP contribution is -2.16. The Balaban J connectivity index is 2.08. The lowest BCUT2D eigenvalue weighted by Gasteiger charge is -2.14. The highest BCUT2D eigenvalue weighted by Gasteiger charge is 2.11. The summed E-state index contributed by atoms with van der Waals surface area (Å²) in [6, 6.07) is 13.7.